The van der Waals surface area contributed by atoms with Crippen LogP contribution in [-0.4, -0.2) is 67.1 Å². The maximum atomic E-state index is 11.0. The topological polar surface area (TPSA) is 191 Å². The van der Waals surface area contributed by atoms with Gasteiger partial charge in [0.25, 0.3) is 0 Å². The van der Waals surface area contributed by atoms with Crippen molar-refractivity contribution in [1.82, 2.24) is 0 Å². The third kappa shape index (κ3) is 5.52. The molecule has 4 atom stereocenters. The third-order valence-corrected chi connectivity index (χ3v) is 2.20. The van der Waals surface area contributed by atoms with E-state index in [2.05, 4.69) is 4.52 Å². The van der Waals surface area contributed by atoms with Crippen molar-refractivity contribution in [2.75, 3.05) is 6.61 Å². The maximum Gasteiger partial charge on any atom is 0.527 e. The SMILES string of the molecule is N[C@@H](C(=O)OP(=O)(O)O)[C@@H](O)[C@H](O)C(O)CO. The highest BCUT2D eigenvalue weighted by atomic mass is 31.2. The number of phosphoric acid groups is 1. The van der Waals surface area contributed by atoms with Crippen LogP contribution in [0, 0.1) is 0 Å². The van der Waals surface area contributed by atoms with E-state index >= 15 is 0 Å². The van der Waals surface area contributed by atoms with Crippen molar-refractivity contribution in [3.8, 4) is 0 Å². The molecule has 0 rings (SSSR count). The summed E-state index contributed by atoms with van der Waals surface area (Å²) < 4.78 is 13.9. The molecule has 17 heavy (non-hydrogen) atoms. The Balaban J connectivity index is 4.54. The summed E-state index contributed by atoms with van der Waals surface area (Å²) in [6, 6.07) is -1.99. The molecule has 0 amide bonds. The average molecular weight is 275 g/mol. The second kappa shape index (κ2) is 6.38. The van der Waals surface area contributed by atoms with Crippen LogP contribution in [-0.2, 0) is 13.9 Å². The van der Waals surface area contributed by atoms with Crippen LogP contribution in [0.5, 0.6) is 0 Å². The molecule has 0 radical (unpaired) electrons. The van der Waals surface area contributed by atoms with E-state index in [9.17, 15) is 14.5 Å². The first-order chi connectivity index (χ1) is 7.60. The van der Waals surface area contributed by atoms with E-state index in [0.717, 1.165) is 0 Å². The number of hydrogen-bond donors (Lipinski definition) is 7. The average Bonchev–Trinajstić information content (AvgIpc) is 2.22. The number of carbonyl (C=O) groups is 1. The van der Waals surface area contributed by atoms with Crippen LogP contribution >= 0.6 is 7.82 Å². The van der Waals surface area contributed by atoms with E-state index in [-0.39, 0.29) is 0 Å². The highest BCUT2D eigenvalue weighted by Crippen LogP contribution is 2.36. The second-order valence-electron chi connectivity index (χ2n) is 3.16. The number of nitrogens with two attached hydrogens (primary N) is 1. The van der Waals surface area contributed by atoms with Gasteiger partial charge in [0.2, 0.25) is 0 Å². The van der Waals surface area contributed by atoms with Gasteiger partial charge in [0.15, 0.2) is 0 Å². The van der Waals surface area contributed by atoms with E-state index in [4.69, 9.17) is 30.8 Å². The Labute approximate surface area is 95.5 Å². The molecule has 0 aliphatic heterocycles. The van der Waals surface area contributed by atoms with Crippen molar-refractivity contribution in [3.05, 3.63) is 0 Å². The van der Waals surface area contributed by atoms with Crippen LogP contribution in [0.3, 0.4) is 0 Å². The van der Waals surface area contributed by atoms with Gasteiger partial charge >= 0.3 is 13.8 Å². The van der Waals surface area contributed by atoms with E-state index in [1.165, 1.54) is 0 Å². The largest absolute Gasteiger partial charge is 0.527 e. The lowest BCUT2D eigenvalue weighted by Crippen LogP contribution is -2.53. The molecule has 0 heterocycles. The lowest BCUT2D eigenvalue weighted by Gasteiger charge is -2.25. The molecule has 11 heteroatoms. The van der Waals surface area contributed by atoms with Crippen LogP contribution in [0.4, 0.5) is 0 Å². The number of hydrogen-bond acceptors (Lipinski definition) is 8. The van der Waals surface area contributed by atoms with Crippen LogP contribution in [0.1, 0.15) is 0 Å². The molecule has 0 aromatic rings. The Bertz CT molecular complexity index is 304. The Hall–Kier alpha value is -0.580. The van der Waals surface area contributed by atoms with Crippen molar-refractivity contribution < 1.29 is 44.1 Å². The molecular formula is C6H14NO9P. The standard InChI is InChI=1S/C6H14NO9P/c7-3(6(12)16-17(13,14)15)5(11)4(10)2(9)1-8/h2-5,8-11H,1,7H2,(H2,13,14,15)/t2?,3-,4-,5-/m1/s1. The van der Waals surface area contributed by atoms with Crippen molar-refractivity contribution >= 4 is 13.8 Å². The maximum absolute atomic E-state index is 11.0. The number of rotatable bonds is 6. The minimum Gasteiger partial charge on any atom is -0.394 e. The third-order valence-electron chi connectivity index (χ3n) is 1.78. The van der Waals surface area contributed by atoms with Crippen LogP contribution in [0.2, 0.25) is 0 Å². The Morgan fingerprint density at radius 3 is 2.06 bits per heavy atom. The lowest BCUT2D eigenvalue weighted by molar-refractivity contribution is -0.145. The van der Waals surface area contributed by atoms with Gasteiger partial charge < -0.3 is 30.7 Å². The van der Waals surface area contributed by atoms with Gasteiger partial charge in [0, 0.05) is 0 Å². The van der Waals surface area contributed by atoms with Crippen molar-refractivity contribution in [2.45, 2.75) is 24.4 Å². The number of aliphatic hydroxyl groups excluding tert-OH is 4. The summed E-state index contributed by atoms with van der Waals surface area (Å²) in [4.78, 5) is 27.5. The zero-order valence-corrected chi connectivity index (χ0v) is 9.34. The fraction of sp³-hybridized carbons (Fsp3) is 0.833. The van der Waals surface area contributed by atoms with E-state index in [0.29, 0.717) is 0 Å². The molecular weight excluding hydrogens is 261 g/mol. The molecule has 10 nitrogen and oxygen atoms in total. The summed E-state index contributed by atoms with van der Waals surface area (Å²) in [5.41, 5.74) is 5.04. The number of phosphoric ester groups is 1. The number of aliphatic hydroxyl groups is 4. The summed E-state index contributed by atoms with van der Waals surface area (Å²) in [6.45, 7) is -0.904. The molecule has 0 fully saturated rings. The first kappa shape index (κ1) is 16.4. The summed E-state index contributed by atoms with van der Waals surface area (Å²) >= 11 is 0. The molecule has 0 bridgehead atoms. The van der Waals surface area contributed by atoms with E-state index in [1.54, 1.807) is 0 Å². The Morgan fingerprint density at radius 1 is 1.24 bits per heavy atom. The smallest absolute Gasteiger partial charge is 0.394 e. The van der Waals surface area contributed by atoms with E-state index in [1.807, 2.05) is 0 Å². The monoisotopic (exact) mass is 275 g/mol. The molecule has 0 aliphatic rings. The van der Waals surface area contributed by atoms with Gasteiger partial charge in [-0.15, -0.1) is 0 Å². The van der Waals surface area contributed by atoms with Crippen molar-refractivity contribution in [3.63, 3.8) is 0 Å². The molecule has 8 N–H and O–H groups in total. The first-order valence-corrected chi connectivity index (χ1v) is 5.82. The zero-order chi connectivity index (χ0) is 13.8. The molecule has 0 aliphatic carbocycles. The van der Waals surface area contributed by atoms with E-state index < -0.39 is 44.8 Å². The molecule has 1 unspecified atom stereocenters. The predicted octanol–water partition coefficient (Wildman–Crippen LogP) is -3.98. The fourth-order valence-electron chi connectivity index (χ4n) is 0.866. The van der Waals surface area contributed by atoms with Gasteiger partial charge in [-0.1, -0.05) is 0 Å². The predicted molar refractivity (Wildman–Crippen MR) is 51.2 cm³/mol. The van der Waals surface area contributed by atoms with Crippen molar-refractivity contribution in [1.29, 1.82) is 0 Å². The normalized spacial score (nSPS) is 19.2. The van der Waals surface area contributed by atoms with Gasteiger partial charge in [-0.3, -0.25) is 9.79 Å². The van der Waals surface area contributed by atoms with Gasteiger partial charge in [-0.2, -0.15) is 0 Å². The molecule has 102 valence electrons. The Kier molecular flexibility index (Phi) is 6.16. The zero-order valence-electron chi connectivity index (χ0n) is 8.45. The van der Waals surface area contributed by atoms with Gasteiger partial charge in [0.1, 0.15) is 24.4 Å². The van der Waals surface area contributed by atoms with Crippen LogP contribution in [0.15, 0.2) is 0 Å². The summed E-state index contributed by atoms with van der Waals surface area (Å²) in [5, 5.41) is 35.8. The summed E-state index contributed by atoms with van der Waals surface area (Å²) in [6.07, 6.45) is -5.80. The molecule has 0 aromatic heterocycles. The fourth-order valence-corrected chi connectivity index (χ4v) is 1.22. The van der Waals surface area contributed by atoms with Gasteiger partial charge in [-0.25, -0.2) is 9.36 Å². The molecule has 0 saturated carbocycles. The minimum absolute atomic E-state index is 0.904. The summed E-state index contributed by atoms with van der Waals surface area (Å²) in [5.74, 6) is -1.66. The lowest BCUT2D eigenvalue weighted by atomic mass is 10.0. The van der Waals surface area contributed by atoms with Crippen LogP contribution < -0.4 is 5.73 Å². The Morgan fingerprint density at radius 2 is 1.71 bits per heavy atom. The van der Waals surface area contributed by atoms with Crippen LogP contribution in [0.25, 0.3) is 0 Å². The highest BCUT2D eigenvalue weighted by molar-refractivity contribution is 7.46. The van der Waals surface area contributed by atoms with Gasteiger partial charge in [-0.05, 0) is 0 Å². The molecule has 0 spiro atoms. The number of carbonyl (C=O) groups excluding carboxylic acids is 1. The quantitative estimate of drug-likeness (QED) is 0.235. The minimum atomic E-state index is -5.11. The second-order valence-corrected chi connectivity index (χ2v) is 4.32. The molecule has 0 aromatic carbocycles. The van der Waals surface area contributed by atoms with Crippen molar-refractivity contribution in [2.24, 2.45) is 5.73 Å². The molecule has 0 saturated heterocycles. The first-order valence-electron chi connectivity index (χ1n) is 4.29. The summed E-state index contributed by atoms with van der Waals surface area (Å²) in [7, 11) is -5.11. The highest BCUT2D eigenvalue weighted by Gasteiger charge is 2.36. The van der Waals surface area contributed by atoms with Gasteiger partial charge in [0.05, 0.1) is 6.61 Å².